The predicted molar refractivity (Wildman–Crippen MR) is 74.1 cm³/mol. The zero-order valence-electron chi connectivity index (χ0n) is 11.2. The highest BCUT2D eigenvalue weighted by atomic mass is 35.5. The summed E-state index contributed by atoms with van der Waals surface area (Å²) in [7, 11) is 0. The zero-order valence-corrected chi connectivity index (χ0v) is 11.9. The van der Waals surface area contributed by atoms with Crippen LogP contribution < -0.4 is 4.74 Å². The van der Waals surface area contributed by atoms with Crippen molar-refractivity contribution in [2.45, 2.75) is 13.8 Å². The summed E-state index contributed by atoms with van der Waals surface area (Å²) in [6.45, 7) is 4.12. The third kappa shape index (κ3) is 3.11. The molecule has 2 rings (SSSR count). The van der Waals surface area contributed by atoms with Crippen LogP contribution in [0.1, 0.15) is 24.3 Å². The fourth-order valence-corrected chi connectivity index (χ4v) is 1.80. The minimum absolute atomic E-state index is 0.0312. The molecule has 0 spiro atoms. The molecule has 0 atom stereocenters. The van der Waals surface area contributed by atoms with Gasteiger partial charge in [-0.2, -0.15) is 4.98 Å². The van der Waals surface area contributed by atoms with E-state index < -0.39 is 5.97 Å². The zero-order chi connectivity index (χ0) is 14.5. The summed E-state index contributed by atoms with van der Waals surface area (Å²) in [5, 5.41) is 0.552. The van der Waals surface area contributed by atoms with Crippen LogP contribution in [0.3, 0.4) is 0 Å². The first-order chi connectivity index (χ1) is 9.65. The number of rotatable bonds is 5. The summed E-state index contributed by atoms with van der Waals surface area (Å²) in [6.07, 6.45) is 0. The Morgan fingerprint density at radius 1 is 1.35 bits per heavy atom. The first-order valence-electron chi connectivity index (χ1n) is 6.22. The van der Waals surface area contributed by atoms with E-state index in [-0.39, 0.29) is 24.1 Å². The molecule has 1 heterocycles. The molecule has 6 heteroatoms. The average molecular weight is 296 g/mol. The van der Waals surface area contributed by atoms with Crippen molar-refractivity contribution < 1.29 is 18.7 Å². The molecule has 0 saturated heterocycles. The van der Waals surface area contributed by atoms with Crippen LogP contribution in [0, 0.1) is 0 Å². The fraction of sp³-hybridized carbons (Fsp3) is 0.286. The van der Waals surface area contributed by atoms with Gasteiger partial charge >= 0.3 is 11.9 Å². The van der Waals surface area contributed by atoms with Crippen LogP contribution in [-0.4, -0.2) is 24.2 Å². The van der Waals surface area contributed by atoms with Crippen LogP contribution in [0.2, 0.25) is 5.02 Å². The van der Waals surface area contributed by atoms with Crippen molar-refractivity contribution in [2.75, 3.05) is 13.2 Å². The van der Waals surface area contributed by atoms with E-state index >= 15 is 0 Å². The first-order valence-corrected chi connectivity index (χ1v) is 6.60. The van der Waals surface area contributed by atoms with Gasteiger partial charge in [0.1, 0.15) is 0 Å². The van der Waals surface area contributed by atoms with Crippen LogP contribution >= 0.6 is 11.6 Å². The lowest BCUT2D eigenvalue weighted by molar-refractivity contribution is 0.0512. The summed E-state index contributed by atoms with van der Waals surface area (Å²) in [5.74, 6) is -0.257. The number of hydrogen-bond acceptors (Lipinski definition) is 5. The molecule has 2 aromatic rings. The highest BCUT2D eigenvalue weighted by molar-refractivity contribution is 6.30. The van der Waals surface area contributed by atoms with Crippen LogP contribution in [-0.2, 0) is 4.74 Å². The van der Waals surface area contributed by atoms with E-state index in [0.717, 1.165) is 0 Å². The number of benzene rings is 1. The molecule has 0 fully saturated rings. The van der Waals surface area contributed by atoms with Crippen LogP contribution in [0.5, 0.6) is 5.95 Å². The van der Waals surface area contributed by atoms with Gasteiger partial charge < -0.3 is 13.9 Å². The van der Waals surface area contributed by atoms with E-state index in [1.807, 2.05) is 0 Å². The van der Waals surface area contributed by atoms with Crippen LogP contribution in [0.15, 0.2) is 28.7 Å². The minimum Gasteiger partial charge on any atom is -0.464 e. The van der Waals surface area contributed by atoms with Gasteiger partial charge in [-0.05, 0) is 32.0 Å². The summed E-state index contributed by atoms with van der Waals surface area (Å²) in [6, 6.07) is 6.98. The Bertz CT molecular complexity index is 609. The Morgan fingerprint density at radius 3 is 2.80 bits per heavy atom. The maximum Gasteiger partial charge on any atom is 0.364 e. The Morgan fingerprint density at radius 2 is 2.15 bits per heavy atom. The van der Waals surface area contributed by atoms with Crippen molar-refractivity contribution >= 4 is 17.6 Å². The van der Waals surface area contributed by atoms with Gasteiger partial charge in [-0.1, -0.05) is 17.7 Å². The van der Waals surface area contributed by atoms with E-state index in [9.17, 15) is 4.79 Å². The second kappa shape index (κ2) is 6.43. The summed E-state index contributed by atoms with van der Waals surface area (Å²) < 4.78 is 15.7. The van der Waals surface area contributed by atoms with Gasteiger partial charge in [0.15, 0.2) is 0 Å². The molecule has 0 bridgehead atoms. The van der Waals surface area contributed by atoms with Gasteiger partial charge in [0.2, 0.25) is 11.6 Å². The normalized spacial score (nSPS) is 10.3. The summed E-state index contributed by atoms with van der Waals surface area (Å²) in [5.41, 5.74) is 0.692. The number of oxazole rings is 1. The van der Waals surface area contributed by atoms with Gasteiger partial charge in [0.05, 0.1) is 13.2 Å². The molecule has 0 unspecified atom stereocenters. The van der Waals surface area contributed by atoms with Gasteiger partial charge in [0, 0.05) is 10.6 Å². The van der Waals surface area contributed by atoms with E-state index in [2.05, 4.69) is 4.98 Å². The van der Waals surface area contributed by atoms with Gasteiger partial charge in [-0.3, -0.25) is 0 Å². The lowest BCUT2D eigenvalue weighted by Crippen LogP contribution is -2.07. The topological polar surface area (TPSA) is 61.6 Å². The molecule has 20 heavy (non-hydrogen) atoms. The van der Waals surface area contributed by atoms with Crippen molar-refractivity contribution in [3.63, 3.8) is 0 Å². The minimum atomic E-state index is -0.576. The summed E-state index contributed by atoms with van der Waals surface area (Å²) >= 11 is 5.92. The van der Waals surface area contributed by atoms with Crippen LogP contribution in [0.25, 0.3) is 11.5 Å². The van der Waals surface area contributed by atoms with Crippen molar-refractivity contribution in [3.8, 4) is 17.4 Å². The van der Waals surface area contributed by atoms with Crippen molar-refractivity contribution in [1.29, 1.82) is 0 Å². The second-order valence-corrected chi connectivity index (χ2v) is 4.26. The number of hydrogen-bond donors (Lipinski definition) is 0. The number of nitrogens with zero attached hydrogens (tertiary/aromatic N) is 1. The molecule has 0 aliphatic carbocycles. The maximum atomic E-state index is 11.8. The van der Waals surface area contributed by atoms with Gasteiger partial charge in [-0.15, -0.1) is 0 Å². The van der Waals surface area contributed by atoms with E-state index in [1.165, 1.54) is 0 Å². The number of carbonyl (C=O) groups excluding carboxylic acids is 1. The van der Waals surface area contributed by atoms with Crippen molar-refractivity contribution in [2.24, 2.45) is 0 Å². The Kier molecular flexibility index (Phi) is 4.63. The Labute approximate surface area is 121 Å². The number of esters is 1. The Balaban J connectivity index is 2.40. The first kappa shape index (κ1) is 14.4. The molecule has 0 amide bonds. The molecule has 106 valence electrons. The largest absolute Gasteiger partial charge is 0.464 e. The highest BCUT2D eigenvalue weighted by Gasteiger charge is 2.23. The van der Waals surface area contributed by atoms with E-state index in [0.29, 0.717) is 17.2 Å². The molecule has 1 aromatic heterocycles. The number of carbonyl (C=O) groups is 1. The number of ether oxygens (including phenoxy) is 2. The SMILES string of the molecule is CCOC(=O)c1nc(-c2cccc(Cl)c2)oc1OCC. The standard InChI is InChI=1S/C14H14ClNO4/c1-3-18-13(17)11-14(19-4-2)20-12(16-11)9-6-5-7-10(15)8-9/h5-8H,3-4H2,1-2H3. The molecule has 5 nitrogen and oxygen atoms in total. The molecule has 0 aliphatic heterocycles. The predicted octanol–water partition coefficient (Wildman–Crippen LogP) is 3.57. The van der Waals surface area contributed by atoms with E-state index in [1.54, 1.807) is 38.1 Å². The average Bonchev–Trinajstić information content (AvgIpc) is 2.84. The molecule has 1 aromatic carbocycles. The lowest BCUT2D eigenvalue weighted by atomic mass is 10.2. The fourth-order valence-electron chi connectivity index (χ4n) is 1.61. The Hall–Kier alpha value is -2.01. The monoisotopic (exact) mass is 295 g/mol. The van der Waals surface area contributed by atoms with Gasteiger partial charge in [-0.25, -0.2) is 4.79 Å². The van der Waals surface area contributed by atoms with E-state index in [4.69, 9.17) is 25.5 Å². The quantitative estimate of drug-likeness (QED) is 0.789. The lowest BCUT2D eigenvalue weighted by Gasteiger charge is -2.00. The molecule has 0 N–H and O–H groups in total. The maximum absolute atomic E-state index is 11.8. The number of halogens is 1. The van der Waals surface area contributed by atoms with Gasteiger partial charge in [0.25, 0.3) is 0 Å². The molecule has 0 saturated carbocycles. The molecular formula is C14H14ClNO4. The second-order valence-electron chi connectivity index (χ2n) is 3.82. The summed E-state index contributed by atoms with van der Waals surface area (Å²) in [4.78, 5) is 15.9. The number of aromatic nitrogens is 1. The van der Waals surface area contributed by atoms with Crippen molar-refractivity contribution in [3.05, 3.63) is 35.0 Å². The van der Waals surface area contributed by atoms with Crippen molar-refractivity contribution in [1.82, 2.24) is 4.98 Å². The van der Waals surface area contributed by atoms with Crippen LogP contribution in [0.4, 0.5) is 0 Å². The third-order valence-electron chi connectivity index (χ3n) is 2.41. The highest BCUT2D eigenvalue weighted by Crippen LogP contribution is 2.29. The molecule has 0 radical (unpaired) electrons. The molecular weight excluding hydrogens is 282 g/mol. The smallest absolute Gasteiger partial charge is 0.364 e. The molecule has 0 aliphatic rings. The third-order valence-corrected chi connectivity index (χ3v) is 2.65.